The fourth-order valence-electron chi connectivity index (χ4n) is 4.35. The van der Waals surface area contributed by atoms with Crippen LogP contribution < -0.4 is 9.62 Å². The lowest BCUT2D eigenvalue weighted by atomic mass is 10.1. The molecule has 1 N–H and O–H groups in total. The third-order valence-electron chi connectivity index (χ3n) is 6.64. The van der Waals surface area contributed by atoms with Crippen molar-refractivity contribution in [3.8, 4) is 0 Å². The molecule has 0 heterocycles. The molecule has 43 heavy (non-hydrogen) atoms. The SMILES string of the molecule is CCCCNC(=O)C(CC)N(Cc1ccc(Cl)cc1)C(=O)CN(c1ccc(Cl)c(C(F)(F)F)c1)S(=O)(=O)c1ccccc1. The second-order valence-corrected chi connectivity index (χ2v) is 12.4. The number of carbonyl (C=O) groups is 2. The fraction of sp³-hybridized carbons (Fsp3) is 0.333. The third kappa shape index (κ3) is 8.87. The monoisotopic (exact) mass is 657 g/mol. The Morgan fingerprint density at radius 1 is 0.953 bits per heavy atom. The molecule has 0 saturated heterocycles. The Bertz CT molecular complexity index is 1510. The van der Waals surface area contributed by atoms with Crippen LogP contribution in [0.1, 0.15) is 44.2 Å². The minimum absolute atomic E-state index is 0.0800. The first kappa shape index (κ1) is 34.2. The van der Waals surface area contributed by atoms with Crippen LogP contribution in [0.3, 0.4) is 0 Å². The first-order valence-electron chi connectivity index (χ1n) is 13.6. The van der Waals surface area contributed by atoms with E-state index < -0.39 is 56.9 Å². The lowest BCUT2D eigenvalue weighted by Crippen LogP contribution is -2.52. The van der Waals surface area contributed by atoms with Crippen molar-refractivity contribution in [2.24, 2.45) is 0 Å². The van der Waals surface area contributed by atoms with Crippen LogP contribution in [0.15, 0.2) is 77.7 Å². The van der Waals surface area contributed by atoms with Crippen molar-refractivity contribution in [2.45, 2.75) is 56.8 Å². The van der Waals surface area contributed by atoms with Crippen LogP contribution in [0.5, 0.6) is 0 Å². The van der Waals surface area contributed by atoms with E-state index in [1.165, 1.54) is 29.2 Å². The molecule has 3 aromatic carbocycles. The topological polar surface area (TPSA) is 86.8 Å². The van der Waals surface area contributed by atoms with Crippen LogP contribution >= 0.6 is 23.2 Å². The van der Waals surface area contributed by atoms with Crippen LogP contribution in [0, 0.1) is 0 Å². The van der Waals surface area contributed by atoms with E-state index in [9.17, 15) is 31.2 Å². The van der Waals surface area contributed by atoms with Crippen LogP contribution in [0.25, 0.3) is 0 Å². The molecule has 0 saturated carbocycles. The Balaban J connectivity index is 2.11. The zero-order chi connectivity index (χ0) is 31.8. The second kappa shape index (κ2) is 14.9. The average molecular weight is 659 g/mol. The Labute approximate surface area is 259 Å². The zero-order valence-electron chi connectivity index (χ0n) is 23.6. The summed E-state index contributed by atoms with van der Waals surface area (Å²) in [6.45, 7) is 3.09. The molecule has 13 heteroatoms. The summed E-state index contributed by atoms with van der Waals surface area (Å²) in [6.07, 6.45) is -3.14. The average Bonchev–Trinajstić information content (AvgIpc) is 2.97. The van der Waals surface area contributed by atoms with Crippen molar-refractivity contribution in [3.05, 3.63) is 94.0 Å². The van der Waals surface area contributed by atoms with E-state index in [2.05, 4.69) is 5.32 Å². The van der Waals surface area contributed by atoms with Gasteiger partial charge >= 0.3 is 6.18 Å². The number of carbonyl (C=O) groups excluding carboxylic acids is 2. The van der Waals surface area contributed by atoms with E-state index in [-0.39, 0.29) is 17.9 Å². The summed E-state index contributed by atoms with van der Waals surface area (Å²) in [4.78, 5) is 28.2. The van der Waals surface area contributed by atoms with Gasteiger partial charge in [0, 0.05) is 18.1 Å². The zero-order valence-corrected chi connectivity index (χ0v) is 25.9. The standard InChI is InChI=1S/C30H32Cl2F3N3O4S/c1-3-5-17-36-29(40)27(4-2)37(19-21-11-13-22(31)14-12-21)28(39)20-38(43(41,42)24-9-7-6-8-10-24)23-15-16-26(32)25(18-23)30(33,34)35/h6-16,18,27H,3-5,17,19-20H2,1-2H3,(H,36,40). The van der Waals surface area contributed by atoms with E-state index in [4.69, 9.17) is 23.2 Å². The molecule has 0 fully saturated rings. The van der Waals surface area contributed by atoms with Crippen molar-refractivity contribution in [3.63, 3.8) is 0 Å². The van der Waals surface area contributed by atoms with E-state index >= 15 is 0 Å². The Morgan fingerprint density at radius 2 is 1.60 bits per heavy atom. The molecule has 0 bridgehead atoms. The summed E-state index contributed by atoms with van der Waals surface area (Å²) >= 11 is 11.8. The number of unbranched alkanes of at least 4 members (excludes halogenated alkanes) is 1. The highest BCUT2D eigenvalue weighted by Gasteiger charge is 2.37. The number of nitrogens with zero attached hydrogens (tertiary/aromatic N) is 2. The van der Waals surface area contributed by atoms with Gasteiger partial charge in [-0.05, 0) is 60.9 Å². The Morgan fingerprint density at radius 3 is 2.19 bits per heavy atom. The number of benzene rings is 3. The van der Waals surface area contributed by atoms with Crippen LogP contribution in [0.4, 0.5) is 18.9 Å². The molecule has 3 rings (SSSR count). The molecule has 1 unspecified atom stereocenters. The normalized spacial score (nSPS) is 12.4. The van der Waals surface area contributed by atoms with Gasteiger partial charge in [-0.2, -0.15) is 13.2 Å². The first-order valence-corrected chi connectivity index (χ1v) is 15.7. The quantitative estimate of drug-likeness (QED) is 0.202. The Hall–Kier alpha value is -3.28. The predicted octanol–water partition coefficient (Wildman–Crippen LogP) is 6.93. The lowest BCUT2D eigenvalue weighted by Gasteiger charge is -2.33. The molecule has 0 aliphatic carbocycles. The summed E-state index contributed by atoms with van der Waals surface area (Å²) in [5.41, 5.74) is -1.06. The summed E-state index contributed by atoms with van der Waals surface area (Å²) in [7, 11) is -4.55. The molecule has 2 amide bonds. The number of alkyl halides is 3. The second-order valence-electron chi connectivity index (χ2n) is 9.70. The molecule has 3 aromatic rings. The van der Waals surface area contributed by atoms with Crippen LogP contribution in [0.2, 0.25) is 10.0 Å². The lowest BCUT2D eigenvalue weighted by molar-refractivity contribution is -0.140. The molecule has 0 spiro atoms. The van der Waals surface area contributed by atoms with Gasteiger partial charge in [0.25, 0.3) is 10.0 Å². The summed E-state index contributed by atoms with van der Waals surface area (Å²) in [5.74, 6) is -1.22. The van der Waals surface area contributed by atoms with Crippen LogP contribution in [-0.4, -0.2) is 44.3 Å². The number of rotatable bonds is 13. The number of anilines is 1. The van der Waals surface area contributed by atoms with Crippen molar-refractivity contribution in [1.29, 1.82) is 0 Å². The van der Waals surface area contributed by atoms with Gasteiger partial charge < -0.3 is 10.2 Å². The number of hydrogen-bond acceptors (Lipinski definition) is 4. The molecule has 0 aliphatic rings. The highest BCUT2D eigenvalue weighted by molar-refractivity contribution is 7.92. The number of hydrogen-bond donors (Lipinski definition) is 1. The van der Waals surface area contributed by atoms with Gasteiger partial charge in [0.2, 0.25) is 11.8 Å². The number of amides is 2. The van der Waals surface area contributed by atoms with Gasteiger partial charge in [-0.1, -0.05) is 73.8 Å². The van der Waals surface area contributed by atoms with Gasteiger partial charge in [0.15, 0.2) is 0 Å². The van der Waals surface area contributed by atoms with Gasteiger partial charge in [-0.15, -0.1) is 0 Å². The fourth-order valence-corrected chi connectivity index (χ4v) is 6.12. The van der Waals surface area contributed by atoms with Crippen molar-refractivity contribution in [2.75, 3.05) is 17.4 Å². The highest BCUT2D eigenvalue weighted by Crippen LogP contribution is 2.38. The largest absolute Gasteiger partial charge is 0.417 e. The van der Waals surface area contributed by atoms with Crippen molar-refractivity contribution >= 4 is 50.7 Å². The summed E-state index contributed by atoms with van der Waals surface area (Å²) < 4.78 is 69.5. The van der Waals surface area contributed by atoms with Gasteiger partial charge in [-0.3, -0.25) is 13.9 Å². The number of halogens is 5. The van der Waals surface area contributed by atoms with E-state index in [0.29, 0.717) is 33.9 Å². The molecule has 1 atom stereocenters. The molecule has 0 aromatic heterocycles. The van der Waals surface area contributed by atoms with E-state index in [0.717, 1.165) is 18.6 Å². The Kier molecular flexibility index (Phi) is 11.9. The third-order valence-corrected chi connectivity index (χ3v) is 9.00. The van der Waals surface area contributed by atoms with Gasteiger partial charge in [0.05, 0.1) is 21.2 Å². The minimum Gasteiger partial charge on any atom is -0.354 e. The van der Waals surface area contributed by atoms with E-state index in [1.54, 1.807) is 37.3 Å². The molecule has 232 valence electrons. The maximum absolute atomic E-state index is 14.0. The smallest absolute Gasteiger partial charge is 0.354 e. The minimum atomic E-state index is -4.89. The first-order chi connectivity index (χ1) is 20.3. The van der Waals surface area contributed by atoms with Crippen LogP contribution in [-0.2, 0) is 32.3 Å². The van der Waals surface area contributed by atoms with Crippen molar-refractivity contribution < 1.29 is 31.2 Å². The number of nitrogens with one attached hydrogen (secondary N) is 1. The van der Waals surface area contributed by atoms with E-state index in [1.807, 2.05) is 6.92 Å². The molecular formula is C30H32Cl2F3N3O4S. The highest BCUT2D eigenvalue weighted by atomic mass is 35.5. The van der Waals surface area contributed by atoms with Gasteiger partial charge in [-0.25, -0.2) is 8.42 Å². The number of sulfonamides is 1. The van der Waals surface area contributed by atoms with Gasteiger partial charge in [0.1, 0.15) is 12.6 Å². The molecule has 0 radical (unpaired) electrons. The maximum atomic E-state index is 14.0. The maximum Gasteiger partial charge on any atom is 0.417 e. The summed E-state index contributed by atoms with van der Waals surface area (Å²) in [5, 5.41) is 2.64. The van der Waals surface area contributed by atoms with Crippen molar-refractivity contribution in [1.82, 2.24) is 10.2 Å². The predicted molar refractivity (Wildman–Crippen MR) is 161 cm³/mol. The summed E-state index contributed by atoms with van der Waals surface area (Å²) in [6, 6.07) is 15.2. The molecule has 7 nitrogen and oxygen atoms in total. The molecular weight excluding hydrogens is 626 g/mol. The molecule has 0 aliphatic heterocycles.